The normalized spacial score (nSPS) is 10.5. The van der Waals surface area contributed by atoms with Crippen molar-refractivity contribution in [2.24, 2.45) is 5.92 Å². The van der Waals surface area contributed by atoms with Gasteiger partial charge < -0.3 is 24.6 Å². The van der Waals surface area contributed by atoms with Crippen LogP contribution >= 0.6 is 11.3 Å². The molecule has 0 spiro atoms. The summed E-state index contributed by atoms with van der Waals surface area (Å²) >= 11 is 1.59. The standard InChI is InChI=1S/C29H34N4O4S/c1-21(2)18-33(29(35)31-24-8-5-7-23(15-24)17-30)20-28(34)32(19-25-9-6-14-38-25)13-12-22-10-11-26(36-3)27(16-22)37-4/h5-11,14-16,21H,12-13,18-20H2,1-4H3,(H,31,35). The number of carbonyl (C=O) groups excluding carboxylic acids is 2. The lowest BCUT2D eigenvalue weighted by Crippen LogP contribution is -2.46. The molecule has 8 nitrogen and oxygen atoms in total. The minimum Gasteiger partial charge on any atom is -0.493 e. The molecule has 0 bridgehead atoms. The molecule has 1 N–H and O–H groups in total. The number of nitrogens with zero attached hydrogens (tertiary/aromatic N) is 3. The number of thiophene rings is 1. The molecule has 3 amide bonds. The van der Waals surface area contributed by atoms with Crippen molar-refractivity contribution < 1.29 is 19.1 Å². The molecule has 2 aromatic carbocycles. The van der Waals surface area contributed by atoms with Gasteiger partial charge >= 0.3 is 6.03 Å². The average Bonchev–Trinajstić information content (AvgIpc) is 3.43. The van der Waals surface area contributed by atoms with Crippen LogP contribution in [0.15, 0.2) is 60.0 Å². The molecule has 0 saturated carbocycles. The highest BCUT2D eigenvalue weighted by Crippen LogP contribution is 2.28. The largest absolute Gasteiger partial charge is 0.493 e. The average molecular weight is 535 g/mol. The summed E-state index contributed by atoms with van der Waals surface area (Å²) in [7, 11) is 3.19. The lowest BCUT2D eigenvalue weighted by molar-refractivity contribution is -0.132. The molecule has 0 fully saturated rings. The topological polar surface area (TPSA) is 94.9 Å². The summed E-state index contributed by atoms with van der Waals surface area (Å²) in [6.07, 6.45) is 0.620. The number of anilines is 1. The number of hydrogen-bond acceptors (Lipinski definition) is 6. The fraction of sp³-hybridized carbons (Fsp3) is 0.345. The Morgan fingerprint density at radius 2 is 1.82 bits per heavy atom. The second kappa shape index (κ2) is 14.1. The second-order valence-corrected chi connectivity index (χ2v) is 10.3. The number of amides is 3. The van der Waals surface area contributed by atoms with E-state index in [1.54, 1.807) is 54.7 Å². The maximum atomic E-state index is 13.6. The number of benzene rings is 2. The summed E-state index contributed by atoms with van der Waals surface area (Å²) in [6, 6.07) is 18.1. The van der Waals surface area contributed by atoms with E-state index in [-0.39, 0.29) is 24.4 Å². The summed E-state index contributed by atoms with van der Waals surface area (Å²) in [5, 5.41) is 14.0. The van der Waals surface area contributed by atoms with Crippen molar-refractivity contribution in [2.75, 3.05) is 39.2 Å². The van der Waals surface area contributed by atoms with Crippen LogP contribution in [0.4, 0.5) is 10.5 Å². The van der Waals surface area contributed by atoms with E-state index >= 15 is 0 Å². The van der Waals surface area contributed by atoms with Crippen molar-refractivity contribution in [1.29, 1.82) is 5.26 Å². The van der Waals surface area contributed by atoms with Gasteiger partial charge in [0.15, 0.2) is 11.5 Å². The van der Waals surface area contributed by atoms with Gasteiger partial charge in [0.2, 0.25) is 5.91 Å². The number of urea groups is 1. The van der Waals surface area contributed by atoms with Crippen LogP contribution in [0.5, 0.6) is 11.5 Å². The molecule has 0 aliphatic carbocycles. The number of methoxy groups -OCH3 is 2. The van der Waals surface area contributed by atoms with Crippen LogP contribution in [0.2, 0.25) is 0 Å². The SMILES string of the molecule is COc1ccc(CCN(Cc2cccs2)C(=O)CN(CC(C)C)C(=O)Nc2cccc(C#N)c2)cc1OC. The first-order valence-electron chi connectivity index (χ1n) is 12.4. The molecular formula is C29H34N4O4S. The summed E-state index contributed by atoms with van der Waals surface area (Å²) < 4.78 is 10.8. The third-order valence-corrected chi connectivity index (χ3v) is 6.70. The zero-order valence-corrected chi connectivity index (χ0v) is 23.1. The van der Waals surface area contributed by atoms with E-state index in [4.69, 9.17) is 14.7 Å². The highest BCUT2D eigenvalue weighted by Gasteiger charge is 2.23. The molecule has 9 heteroatoms. The van der Waals surface area contributed by atoms with Gasteiger partial charge in [0.25, 0.3) is 0 Å². The molecule has 0 radical (unpaired) electrons. The van der Waals surface area contributed by atoms with Crippen molar-refractivity contribution in [1.82, 2.24) is 9.80 Å². The number of carbonyl (C=O) groups is 2. The molecule has 0 aliphatic heterocycles. The van der Waals surface area contributed by atoms with Crippen molar-refractivity contribution in [3.8, 4) is 17.6 Å². The Morgan fingerprint density at radius 3 is 2.47 bits per heavy atom. The highest BCUT2D eigenvalue weighted by atomic mass is 32.1. The number of ether oxygens (including phenoxy) is 2. The van der Waals surface area contributed by atoms with Gasteiger partial charge in [-0.1, -0.05) is 32.0 Å². The van der Waals surface area contributed by atoms with Crippen LogP contribution in [-0.4, -0.2) is 55.6 Å². The highest BCUT2D eigenvalue weighted by molar-refractivity contribution is 7.09. The maximum absolute atomic E-state index is 13.6. The van der Waals surface area contributed by atoms with Gasteiger partial charge in [0.05, 0.1) is 32.4 Å². The zero-order valence-electron chi connectivity index (χ0n) is 22.3. The molecule has 1 aromatic heterocycles. The van der Waals surface area contributed by atoms with E-state index in [1.165, 1.54) is 4.90 Å². The minimum absolute atomic E-state index is 0.0563. The Bertz CT molecular complexity index is 1250. The van der Waals surface area contributed by atoms with E-state index in [0.717, 1.165) is 10.4 Å². The third-order valence-electron chi connectivity index (χ3n) is 5.84. The monoisotopic (exact) mass is 534 g/mol. The van der Waals surface area contributed by atoms with Crippen LogP contribution in [-0.2, 0) is 17.8 Å². The van der Waals surface area contributed by atoms with E-state index in [1.807, 2.05) is 49.6 Å². The van der Waals surface area contributed by atoms with Crippen LogP contribution in [0.3, 0.4) is 0 Å². The molecule has 1 heterocycles. The Labute approximate surface area is 228 Å². The predicted molar refractivity (Wildman–Crippen MR) is 150 cm³/mol. The summed E-state index contributed by atoms with van der Waals surface area (Å²) in [5.41, 5.74) is 1.98. The van der Waals surface area contributed by atoms with Crippen LogP contribution in [0, 0.1) is 17.2 Å². The number of nitrogens with one attached hydrogen (secondary N) is 1. The Balaban J connectivity index is 1.75. The molecule has 0 aliphatic rings. The Kier molecular flexibility index (Phi) is 10.6. The van der Waals surface area contributed by atoms with Gasteiger partial charge in [-0.25, -0.2) is 4.79 Å². The molecule has 3 aromatic rings. The third kappa shape index (κ3) is 8.25. The first kappa shape index (κ1) is 28.5. The van der Waals surface area contributed by atoms with E-state index in [9.17, 15) is 9.59 Å². The van der Waals surface area contributed by atoms with Gasteiger partial charge in [0, 0.05) is 23.7 Å². The molecule has 0 atom stereocenters. The summed E-state index contributed by atoms with van der Waals surface area (Å²) in [6.45, 7) is 5.30. The fourth-order valence-corrected chi connectivity index (χ4v) is 4.69. The van der Waals surface area contributed by atoms with Crippen molar-refractivity contribution in [3.63, 3.8) is 0 Å². The van der Waals surface area contributed by atoms with E-state index in [0.29, 0.717) is 48.8 Å². The van der Waals surface area contributed by atoms with Crippen molar-refractivity contribution in [2.45, 2.75) is 26.8 Å². The van der Waals surface area contributed by atoms with Gasteiger partial charge in [-0.3, -0.25) is 4.79 Å². The van der Waals surface area contributed by atoms with Gasteiger partial charge in [-0.05, 0) is 59.7 Å². The quantitative estimate of drug-likeness (QED) is 0.336. The zero-order chi connectivity index (χ0) is 27.5. The van der Waals surface area contributed by atoms with Crippen molar-refractivity contribution >= 4 is 29.0 Å². The smallest absolute Gasteiger partial charge is 0.322 e. The molecular weight excluding hydrogens is 500 g/mol. The first-order valence-corrected chi connectivity index (χ1v) is 13.3. The molecule has 200 valence electrons. The van der Waals surface area contributed by atoms with Gasteiger partial charge in [-0.2, -0.15) is 5.26 Å². The summed E-state index contributed by atoms with van der Waals surface area (Å²) in [5.74, 6) is 1.32. The lowest BCUT2D eigenvalue weighted by Gasteiger charge is -2.29. The second-order valence-electron chi connectivity index (χ2n) is 9.23. The van der Waals surface area contributed by atoms with E-state index in [2.05, 4.69) is 11.4 Å². The molecule has 0 saturated heterocycles. The van der Waals surface area contributed by atoms with Crippen LogP contribution in [0.25, 0.3) is 0 Å². The summed E-state index contributed by atoms with van der Waals surface area (Å²) in [4.78, 5) is 31.1. The van der Waals surface area contributed by atoms with Crippen molar-refractivity contribution in [3.05, 3.63) is 76.0 Å². The number of nitriles is 1. The Morgan fingerprint density at radius 1 is 1.03 bits per heavy atom. The fourth-order valence-electron chi connectivity index (χ4n) is 3.98. The number of hydrogen-bond donors (Lipinski definition) is 1. The van der Waals surface area contributed by atoms with Crippen LogP contribution in [0.1, 0.15) is 29.9 Å². The number of rotatable bonds is 12. The lowest BCUT2D eigenvalue weighted by atomic mass is 10.1. The maximum Gasteiger partial charge on any atom is 0.322 e. The van der Waals surface area contributed by atoms with Gasteiger partial charge in [-0.15, -0.1) is 11.3 Å². The Hall–Kier alpha value is -4.03. The van der Waals surface area contributed by atoms with Crippen LogP contribution < -0.4 is 14.8 Å². The molecule has 38 heavy (non-hydrogen) atoms. The minimum atomic E-state index is -0.377. The first-order chi connectivity index (χ1) is 18.3. The predicted octanol–water partition coefficient (Wildman–Crippen LogP) is 5.40. The molecule has 0 unspecified atom stereocenters. The van der Waals surface area contributed by atoms with E-state index < -0.39 is 0 Å². The van der Waals surface area contributed by atoms with Gasteiger partial charge in [0.1, 0.15) is 6.54 Å². The molecule has 3 rings (SSSR count).